The predicted molar refractivity (Wildman–Crippen MR) is 117 cm³/mol. The molecule has 1 aliphatic heterocycles. The minimum Gasteiger partial charge on any atom is -0.355 e. The summed E-state index contributed by atoms with van der Waals surface area (Å²) in [4.78, 5) is 15.8. The minimum absolute atomic E-state index is 0.165. The lowest BCUT2D eigenvalue weighted by molar-refractivity contribution is 0.0948. The number of nitrogens with one attached hydrogen (secondary N) is 1. The number of rotatable bonds is 7. The van der Waals surface area contributed by atoms with Crippen LogP contribution in [0.4, 0.5) is 5.82 Å². The van der Waals surface area contributed by atoms with Crippen LogP contribution in [0, 0.1) is 5.92 Å². The van der Waals surface area contributed by atoms with Crippen LogP contribution in [0.15, 0.2) is 60.0 Å². The van der Waals surface area contributed by atoms with Gasteiger partial charge in [-0.15, -0.1) is 21.5 Å². The summed E-state index contributed by atoms with van der Waals surface area (Å²) in [6.45, 7) is 2.58. The van der Waals surface area contributed by atoms with Crippen LogP contribution >= 0.6 is 11.3 Å². The molecule has 4 rings (SSSR count). The van der Waals surface area contributed by atoms with Gasteiger partial charge in [0.25, 0.3) is 5.91 Å². The molecule has 0 saturated carbocycles. The van der Waals surface area contributed by atoms with Gasteiger partial charge in [-0.1, -0.05) is 36.4 Å². The zero-order chi connectivity index (χ0) is 19.9. The smallest absolute Gasteiger partial charge is 0.271 e. The van der Waals surface area contributed by atoms with Gasteiger partial charge in [-0.25, -0.2) is 0 Å². The van der Waals surface area contributed by atoms with Crippen molar-refractivity contribution in [2.45, 2.75) is 25.7 Å². The molecule has 0 bridgehead atoms. The van der Waals surface area contributed by atoms with Crippen molar-refractivity contribution in [2.75, 3.05) is 24.5 Å². The van der Waals surface area contributed by atoms with Crippen LogP contribution in [0.2, 0.25) is 0 Å². The molecule has 3 aromatic rings. The molecule has 150 valence electrons. The summed E-state index contributed by atoms with van der Waals surface area (Å²) in [6.07, 6.45) is 4.29. The average Bonchev–Trinajstić information content (AvgIpc) is 3.29. The number of carbonyl (C=O) groups is 1. The van der Waals surface area contributed by atoms with Gasteiger partial charge in [0.15, 0.2) is 11.5 Å². The molecular formula is C23H26N4OS. The molecule has 0 radical (unpaired) electrons. The van der Waals surface area contributed by atoms with Crippen molar-refractivity contribution in [3.63, 3.8) is 0 Å². The van der Waals surface area contributed by atoms with Crippen LogP contribution in [-0.2, 0) is 12.8 Å². The number of aromatic nitrogens is 2. The molecule has 1 aliphatic rings. The van der Waals surface area contributed by atoms with Gasteiger partial charge in [-0.05, 0) is 60.7 Å². The lowest BCUT2D eigenvalue weighted by Crippen LogP contribution is -2.35. The Morgan fingerprint density at radius 2 is 1.86 bits per heavy atom. The van der Waals surface area contributed by atoms with Gasteiger partial charge in [0, 0.05) is 24.5 Å². The lowest BCUT2D eigenvalue weighted by Gasteiger charge is -2.32. The summed E-state index contributed by atoms with van der Waals surface area (Å²) in [6, 6.07) is 18.5. The molecule has 0 unspecified atom stereocenters. The first-order chi connectivity index (χ1) is 14.3. The van der Waals surface area contributed by atoms with Crippen LogP contribution in [0.1, 0.15) is 33.8 Å². The molecule has 3 heterocycles. The fourth-order valence-corrected chi connectivity index (χ4v) is 4.48. The van der Waals surface area contributed by atoms with Gasteiger partial charge in [0.1, 0.15) is 0 Å². The van der Waals surface area contributed by atoms with E-state index in [4.69, 9.17) is 0 Å². The van der Waals surface area contributed by atoms with Crippen molar-refractivity contribution in [2.24, 2.45) is 5.92 Å². The fourth-order valence-electron chi connectivity index (χ4n) is 3.77. The molecule has 1 saturated heterocycles. The van der Waals surface area contributed by atoms with Crippen LogP contribution < -0.4 is 10.2 Å². The third-order valence-electron chi connectivity index (χ3n) is 5.43. The summed E-state index contributed by atoms with van der Waals surface area (Å²) in [5.74, 6) is 1.41. The number of hydrogen-bond acceptors (Lipinski definition) is 5. The van der Waals surface area contributed by atoms with E-state index in [1.54, 1.807) is 17.4 Å². The van der Waals surface area contributed by atoms with E-state index in [-0.39, 0.29) is 5.91 Å². The molecule has 1 amide bonds. The van der Waals surface area contributed by atoms with Crippen molar-refractivity contribution in [3.8, 4) is 0 Å². The summed E-state index contributed by atoms with van der Waals surface area (Å²) in [7, 11) is 0. The van der Waals surface area contributed by atoms with Crippen LogP contribution in [-0.4, -0.2) is 35.7 Å². The maximum atomic E-state index is 12.3. The van der Waals surface area contributed by atoms with Crippen molar-refractivity contribution in [1.82, 2.24) is 15.5 Å². The van der Waals surface area contributed by atoms with E-state index < -0.39 is 0 Å². The van der Waals surface area contributed by atoms with Crippen LogP contribution in [0.3, 0.4) is 0 Å². The van der Waals surface area contributed by atoms with E-state index in [1.807, 2.05) is 17.5 Å². The van der Waals surface area contributed by atoms with Gasteiger partial charge >= 0.3 is 0 Å². The summed E-state index contributed by atoms with van der Waals surface area (Å²) < 4.78 is 0. The predicted octanol–water partition coefficient (Wildman–Crippen LogP) is 3.97. The zero-order valence-electron chi connectivity index (χ0n) is 16.5. The molecule has 2 aromatic heterocycles. The number of carbonyl (C=O) groups excluding carboxylic acids is 1. The van der Waals surface area contributed by atoms with Gasteiger partial charge in [0.2, 0.25) is 0 Å². The number of thiophene rings is 1. The highest BCUT2D eigenvalue weighted by Crippen LogP contribution is 2.24. The maximum absolute atomic E-state index is 12.3. The topological polar surface area (TPSA) is 58.1 Å². The van der Waals surface area contributed by atoms with E-state index in [2.05, 4.69) is 56.8 Å². The Morgan fingerprint density at radius 1 is 1.03 bits per heavy atom. The Balaban J connectivity index is 1.24. The Labute approximate surface area is 175 Å². The Bertz CT molecular complexity index is 888. The molecule has 1 aromatic carbocycles. The molecular weight excluding hydrogens is 380 g/mol. The standard InChI is InChI=1S/C23H26N4OS/c28-23(24-13-10-20-7-4-16-29-20)21-8-9-22(26-25-21)27-14-11-19(12-15-27)17-18-5-2-1-3-6-18/h1-9,16,19H,10-15,17H2,(H,24,28). The van der Waals surface area contributed by atoms with Crippen LogP contribution in [0.25, 0.3) is 0 Å². The number of amides is 1. The van der Waals surface area contributed by atoms with Crippen molar-refractivity contribution >= 4 is 23.1 Å². The highest BCUT2D eigenvalue weighted by Gasteiger charge is 2.21. The molecule has 5 nitrogen and oxygen atoms in total. The van der Waals surface area contributed by atoms with Gasteiger partial charge in [0.05, 0.1) is 0 Å². The number of hydrogen-bond donors (Lipinski definition) is 1. The number of benzene rings is 1. The Hall–Kier alpha value is -2.73. The van der Waals surface area contributed by atoms with E-state index in [0.717, 1.165) is 50.5 Å². The lowest BCUT2D eigenvalue weighted by atomic mass is 9.90. The van der Waals surface area contributed by atoms with Crippen molar-refractivity contribution < 1.29 is 4.79 Å². The quantitative estimate of drug-likeness (QED) is 0.645. The highest BCUT2D eigenvalue weighted by atomic mass is 32.1. The molecule has 0 spiro atoms. The Kier molecular flexibility index (Phi) is 6.52. The number of piperidine rings is 1. The summed E-state index contributed by atoms with van der Waals surface area (Å²) in [5, 5.41) is 13.4. The molecule has 1 fully saturated rings. The van der Waals surface area contributed by atoms with E-state index in [1.165, 1.54) is 10.4 Å². The fraction of sp³-hybridized carbons (Fsp3) is 0.348. The van der Waals surface area contributed by atoms with Crippen LogP contribution in [0.5, 0.6) is 0 Å². The maximum Gasteiger partial charge on any atom is 0.271 e. The SMILES string of the molecule is O=C(NCCc1cccs1)c1ccc(N2CCC(Cc3ccccc3)CC2)nn1. The zero-order valence-corrected chi connectivity index (χ0v) is 17.3. The van der Waals surface area contributed by atoms with Gasteiger partial charge in [-0.2, -0.15) is 0 Å². The largest absolute Gasteiger partial charge is 0.355 e. The monoisotopic (exact) mass is 406 g/mol. The molecule has 0 atom stereocenters. The molecule has 1 N–H and O–H groups in total. The van der Waals surface area contributed by atoms with Crippen molar-refractivity contribution in [3.05, 3.63) is 76.1 Å². The highest BCUT2D eigenvalue weighted by molar-refractivity contribution is 7.09. The first-order valence-electron chi connectivity index (χ1n) is 10.2. The van der Waals surface area contributed by atoms with E-state index >= 15 is 0 Å². The normalized spacial score (nSPS) is 14.7. The third-order valence-corrected chi connectivity index (χ3v) is 6.36. The average molecular weight is 407 g/mol. The summed E-state index contributed by atoms with van der Waals surface area (Å²) in [5.41, 5.74) is 1.79. The Morgan fingerprint density at radius 3 is 2.55 bits per heavy atom. The second-order valence-electron chi connectivity index (χ2n) is 7.48. The first kappa shape index (κ1) is 19.6. The third kappa shape index (κ3) is 5.41. The second kappa shape index (κ2) is 9.65. The summed E-state index contributed by atoms with van der Waals surface area (Å²) >= 11 is 1.70. The molecule has 29 heavy (non-hydrogen) atoms. The minimum atomic E-state index is -0.165. The van der Waals surface area contributed by atoms with Gasteiger partial charge < -0.3 is 10.2 Å². The second-order valence-corrected chi connectivity index (χ2v) is 8.51. The molecule has 0 aliphatic carbocycles. The van der Waals surface area contributed by atoms with E-state index in [9.17, 15) is 4.79 Å². The number of nitrogens with zero attached hydrogens (tertiary/aromatic N) is 3. The van der Waals surface area contributed by atoms with Crippen molar-refractivity contribution in [1.29, 1.82) is 0 Å². The van der Waals surface area contributed by atoms with Gasteiger partial charge in [-0.3, -0.25) is 4.79 Å². The van der Waals surface area contributed by atoms with E-state index in [0.29, 0.717) is 12.2 Å². The molecule has 6 heteroatoms. The first-order valence-corrected chi connectivity index (χ1v) is 11.1. The number of anilines is 1.